The number of carbonyl (C=O) groups excluding carboxylic acids is 3. The minimum absolute atomic E-state index is 0.358. The number of rotatable bonds is 8. The second kappa shape index (κ2) is 10.4. The normalized spacial score (nSPS) is 10.5. The Labute approximate surface area is 187 Å². The van der Waals surface area contributed by atoms with E-state index in [0.29, 0.717) is 23.4 Å². The number of hydrogen-bond acceptors (Lipinski definition) is 5. The molecule has 1 aromatic heterocycles. The van der Waals surface area contributed by atoms with Crippen LogP contribution in [0.25, 0.3) is 5.69 Å². The van der Waals surface area contributed by atoms with E-state index in [0.717, 1.165) is 23.5 Å². The van der Waals surface area contributed by atoms with Crippen LogP contribution in [0, 0.1) is 13.8 Å². The monoisotopic (exact) mass is 434 g/mol. The van der Waals surface area contributed by atoms with Crippen molar-refractivity contribution in [2.45, 2.75) is 27.2 Å². The highest BCUT2D eigenvalue weighted by atomic mass is 16.5. The van der Waals surface area contributed by atoms with E-state index in [1.54, 1.807) is 36.4 Å². The average molecular weight is 434 g/mol. The molecule has 0 spiro atoms. The van der Waals surface area contributed by atoms with Crippen LogP contribution in [0.4, 0.5) is 5.69 Å². The smallest absolute Gasteiger partial charge is 0.338 e. The molecular weight excluding hydrogens is 408 g/mol. The molecule has 32 heavy (non-hydrogen) atoms. The molecule has 0 atom stereocenters. The van der Waals surface area contributed by atoms with Crippen LogP contribution in [0.2, 0.25) is 0 Å². The van der Waals surface area contributed by atoms with Crippen LogP contribution in [0.5, 0.6) is 0 Å². The van der Waals surface area contributed by atoms with E-state index in [4.69, 9.17) is 9.47 Å². The van der Waals surface area contributed by atoms with Crippen molar-refractivity contribution in [1.82, 2.24) is 4.57 Å². The van der Waals surface area contributed by atoms with Crippen LogP contribution in [-0.2, 0) is 14.3 Å². The lowest BCUT2D eigenvalue weighted by Crippen LogP contribution is -2.21. The molecule has 166 valence electrons. The molecule has 0 aliphatic rings. The molecule has 0 saturated heterocycles. The molecule has 0 bridgehead atoms. The van der Waals surface area contributed by atoms with Crippen LogP contribution in [0.3, 0.4) is 0 Å². The van der Waals surface area contributed by atoms with Crippen molar-refractivity contribution in [2.75, 3.05) is 18.5 Å². The van der Waals surface area contributed by atoms with E-state index < -0.39 is 24.5 Å². The maximum atomic E-state index is 12.3. The Bertz CT molecular complexity index is 1080. The molecule has 3 aromatic rings. The van der Waals surface area contributed by atoms with Crippen molar-refractivity contribution >= 4 is 23.5 Å². The number of aromatic nitrogens is 1. The highest BCUT2D eigenvalue weighted by Crippen LogP contribution is 2.17. The zero-order valence-electron chi connectivity index (χ0n) is 18.4. The number of nitrogens with one attached hydrogen (secondary N) is 1. The van der Waals surface area contributed by atoms with E-state index >= 15 is 0 Å². The summed E-state index contributed by atoms with van der Waals surface area (Å²) < 4.78 is 12.3. The van der Waals surface area contributed by atoms with E-state index in [1.165, 1.54) is 0 Å². The van der Waals surface area contributed by atoms with Gasteiger partial charge >= 0.3 is 11.9 Å². The average Bonchev–Trinajstić information content (AvgIpc) is 3.14. The van der Waals surface area contributed by atoms with Crippen LogP contribution < -0.4 is 5.32 Å². The van der Waals surface area contributed by atoms with Crippen molar-refractivity contribution < 1.29 is 23.9 Å². The Balaban J connectivity index is 1.51. The Kier molecular flexibility index (Phi) is 7.44. The first-order valence-electron chi connectivity index (χ1n) is 10.4. The first-order valence-corrected chi connectivity index (χ1v) is 10.4. The van der Waals surface area contributed by atoms with E-state index in [2.05, 4.69) is 9.88 Å². The van der Waals surface area contributed by atoms with E-state index in [-0.39, 0.29) is 0 Å². The first kappa shape index (κ1) is 22.8. The summed E-state index contributed by atoms with van der Waals surface area (Å²) >= 11 is 0. The van der Waals surface area contributed by atoms with Crippen molar-refractivity contribution in [3.05, 3.63) is 83.2 Å². The summed E-state index contributed by atoms with van der Waals surface area (Å²) in [6.45, 7) is 5.88. The minimum atomic E-state index is -0.582. The number of esters is 2. The second-order valence-electron chi connectivity index (χ2n) is 7.34. The fourth-order valence-corrected chi connectivity index (χ4v) is 3.20. The fraction of sp³-hybridized carbons (Fsp3) is 0.240. The van der Waals surface area contributed by atoms with Gasteiger partial charge in [-0.15, -0.1) is 0 Å². The van der Waals surface area contributed by atoms with Gasteiger partial charge in [0.2, 0.25) is 0 Å². The summed E-state index contributed by atoms with van der Waals surface area (Å²) in [6.07, 6.45) is 0.745. The largest absolute Gasteiger partial charge is 0.462 e. The molecule has 0 unspecified atom stereocenters. The van der Waals surface area contributed by atoms with Crippen molar-refractivity contribution in [1.29, 1.82) is 0 Å². The Morgan fingerprint density at radius 1 is 0.781 bits per heavy atom. The first-order chi connectivity index (χ1) is 15.4. The van der Waals surface area contributed by atoms with E-state index in [1.807, 2.05) is 45.0 Å². The van der Waals surface area contributed by atoms with Gasteiger partial charge in [0.1, 0.15) is 0 Å². The van der Waals surface area contributed by atoms with Gasteiger partial charge in [0.05, 0.1) is 17.7 Å². The number of aryl methyl sites for hydroxylation is 2. The minimum Gasteiger partial charge on any atom is -0.462 e. The summed E-state index contributed by atoms with van der Waals surface area (Å²) in [5.74, 6) is -1.47. The van der Waals surface area contributed by atoms with Gasteiger partial charge in [-0.2, -0.15) is 0 Å². The number of hydrogen-bond donors (Lipinski definition) is 1. The lowest BCUT2D eigenvalue weighted by Gasteiger charge is -2.10. The van der Waals surface area contributed by atoms with Gasteiger partial charge in [0.25, 0.3) is 5.91 Å². The molecule has 0 saturated carbocycles. The van der Waals surface area contributed by atoms with Gasteiger partial charge in [0.15, 0.2) is 6.61 Å². The summed E-state index contributed by atoms with van der Waals surface area (Å²) in [7, 11) is 0. The third kappa shape index (κ3) is 5.63. The molecule has 2 aromatic carbocycles. The standard InChI is InChI=1S/C25H26N2O5/c1-4-15-31-24(29)19-7-11-21(12-8-19)26-23(28)16-32-25(30)20-9-13-22(14-10-20)27-17(2)5-6-18(27)3/h5-14H,4,15-16H2,1-3H3,(H,26,28). The molecule has 1 amide bonds. The van der Waals surface area contributed by atoms with Gasteiger partial charge in [-0.05, 0) is 80.9 Å². The third-order valence-corrected chi connectivity index (χ3v) is 4.81. The van der Waals surface area contributed by atoms with Crippen LogP contribution in [0.15, 0.2) is 60.7 Å². The molecular formula is C25H26N2O5. The Morgan fingerprint density at radius 2 is 1.31 bits per heavy atom. The van der Waals surface area contributed by atoms with Gasteiger partial charge in [-0.3, -0.25) is 4.79 Å². The van der Waals surface area contributed by atoms with Crippen LogP contribution >= 0.6 is 0 Å². The highest BCUT2D eigenvalue weighted by Gasteiger charge is 2.12. The molecule has 0 fully saturated rings. The number of carbonyl (C=O) groups is 3. The summed E-state index contributed by atoms with van der Waals surface area (Å²) in [6, 6.07) is 17.4. The lowest BCUT2D eigenvalue weighted by molar-refractivity contribution is -0.119. The van der Waals surface area contributed by atoms with Crippen molar-refractivity contribution in [3.8, 4) is 5.69 Å². The number of ether oxygens (including phenoxy) is 2. The van der Waals surface area contributed by atoms with Gasteiger partial charge in [0, 0.05) is 22.8 Å². The number of anilines is 1. The predicted molar refractivity (Wildman–Crippen MR) is 121 cm³/mol. The molecule has 0 aliphatic heterocycles. The zero-order chi connectivity index (χ0) is 23.1. The highest BCUT2D eigenvalue weighted by molar-refractivity contribution is 5.96. The number of amides is 1. The SMILES string of the molecule is CCCOC(=O)c1ccc(NC(=O)COC(=O)c2ccc(-n3c(C)ccc3C)cc2)cc1. The van der Waals surface area contributed by atoms with E-state index in [9.17, 15) is 14.4 Å². The zero-order valence-corrected chi connectivity index (χ0v) is 18.4. The Hall–Kier alpha value is -3.87. The van der Waals surface area contributed by atoms with Gasteiger partial charge in [-0.25, -0.2) is 9.59 Å². The molecule has 7 nitrogen and oxygen atoms in total. The maximum absolute atomic E-state index is 12.3. The van der Waals surface area contributed by atoms with Gasteiger partial charge < -0.3 is 19.4 Å². The lowest BCUT2D eigenvalue weighted by atomic mass is 10.2. The molecule has 0 radical (unpaired) electrons. The maximum Gasteiger partial charge on any atom is 0.338 e. The number of benzene rings is 2. The van der Waals surface area contributed by atoms with Crippen LogP contribution in [-0.4, -0.2) is 35.6 Å². The summed E-state index contributed by atoms with van der Waals surface area (Å²) in [5.41, 5.74) is 4.39. The van der Waals surface area contributed by atoms with Gasteiger partial charge in [-0.1, -0.05) is 6.92 Å². The third-order valence-electron chi connectivity index (χ3n) is 4.81. The van der Waals surface area contributed by atoms with Crippen molar-refractivity contribution in [2.24, 2.45) is 0 Å². The summed E-state index contributed by atoms with van der Waals surface area (Å²) in [4.78, 5) is 36.2. The molecule has 3 rings (SSSR count). The second-order valence-corrected chi connectivity index (χ2v) is 7.34. The predicted octanol–water partition coefficient (Wildman–Crippen LogP) is 4.46. The van der Waals surface area contributed by atoms with Crippen molar-refractivity contribution in [3.63, 3.8) is 0 Å². The Morgan fingerprint density at radius 3 is 1.88 bits per heavy atom. The summed E-state index contributed by atoms with van der Waals surface area (Å²) in [5, 5.41) is 2.63. The molecule has 1 N–H and O–H groups in total. The molecule has 7 heteroatoms. The number of nitrogens with zero attached hydrogens (tertiary/aromatic N) is 1. The quantitative estimate of drug-likeness (QED) is 0.529. The molecule has 0 aliphatic carbocycles. The van der Waals surface area contributed by atoms with Crippen LogP contribution in [0.1, 0.15) is 45.4 Å². The molecule has 1 heterocycles. The fourth-order valence-electron chi connectivity index (χ4n) is 3.20. The topological polar surface area (TPSA) is 86.6 Å².